The summed E-state index contributed by atoms with van der Waals surface area (Å²) in [5, 5.41) is 7.70. The van der Waals surface area contributed by atoms with E-state index in [0.29, 0.717) is 17.8 Å². The molecule has 9 nitrogen and oxygen atoms in total. The summed E-state index contributed by atoms with van der Waals surface area (Å²) in [6.45, 7) is 5.98. The van der Waals surface area contributed by atoms with Gasteiger partial charge in [-0.15, -0.1) is 5.10 Å². The van der Waals surface area contributed by atoms with Gasteiger partial charge in [0.25, 0.3) is 0 Å². The fraction of sp³-hybridized carbons (Fsp3) is 0.368. The molecule has 2 aromatic heterocycles. The lowest BCUT2D eigenvalue weighted by Crippen LogP contribution is -2.56. The maximum atomic E-state index is 5.32. The Labute approximate surface area is 163 Å². The van der Waals surface area contributed by atoms with Crippen molar-refractivity contribution in [3.63, 3.8) is 0 Å². The average molecular weight is 378 g/mol. The number of benzene rings is 1. The van der Waals surface area contributed by atoms with E-state index in [1.54, 1.807) is 29.6 Å². The number of aromatic nitrogens is 5. The lowest BCUT2D eigenvalue weighted by Gasteiger charge is -2.43. The average Bonchev–Trinajstić information content (AvgIpc) is 3.17. The molecule has 1 aromatic carbocycles. The minimum atomic E-state index is 0.526. The fourth-order valence-corrected chi connectivity index (χ4v) is 3.53. The maximum Gasteiger partial charge on any atom is 0.247 e. The molecular weight excluding hydrogens is 356 g/mol. The number of nitrogens with zero attached hydrogens (tertiary/aromatic N) is 7. The molecule has 0 atom stereocenters. The van der Waals surface area contributed by atoms with E-state index < -0.39 is 0 Å². The molecule has 144 valence electrons. The summed E-state index contributed by atoms with van der Waals surface area (Å²) in [5.74, 6) is 1.16. The predicted octanol–water partition coefficient (Wildman–Crippen LogP) is 1.32. The third kappa shape index (κ3) is 3.54. The van der Waals surface area contributed by atoms with Crippen LogP contribution in [0.2, 0.25) is 0 Å². The fourth-order valence-electron chi connectivity index (χ4n) is 3.53. The topological polar surface area (TPSA) is 84.2 Å². The van der Waals surface area contributed by atoms with Gasteiger partial charge in [0.05, 0.1) is 25.5 Å². The quantitative estimate of drug-likeness (QED) is 0.712. The smallest absolute Gasteiger partial charge is 0.247 e. The van der Waals surface area contributed by atoms with E-state index in [9.17, 15) is 0 Å². The van der Waals surface area contributed by atoms with Gasteiger partial charge in [-0.1, -0.05) is 6.07 Å². The summed E-state index contributed by atoms with van der Waals surface area (Å²) >= 11 is 0. The molecule has 9 heteroatoms. The van der Waals surface area contributed by atoms with Crippen molar-refractivity contribution in [1.82, 2.24) is 29.6 Å². The minimum Gasteiger partial charge on any atom is -0.378 e. The van der Waals surface area contributed by atoms with Crippen molar-refractivity contribution >= 4 is 17.3 Å². The molecule has 0 spiro atoms. The molecule has 2 saturated heterocycles. The van der Waals surface area contributed by atoms with Crippen molar-refractivity contribution in [2.75, 3.05) is 49.6 Å². The van der Waals surface area contributed by atoms with E-state index in [0.717, 1.165) is 45.1 Å². The van der Waals surface area contributed by atoms with Crippen LogP contribution in [0, 0.1) is 0 Å². The zero-order valence-electron chi connectivity index (χ0n) is 15.5. The summed E-state index contributed by atoms with van der Waals surface area (Å²) in [5.41, 5.74) is 2.17. The standard InChI is InChI=1S/C19H22N8O/c1-2-15(23-19-22-14-27(24-19)18-11-20-4-5-21-18)10-16(3-1)25-6-8-26(9-7-25)17-12-28-13-17/h1-5,10-11,14,17H,6-9,12-13H2,(H,23,24). The van der Waals surface area contributed by atoms with E-state index in [2.05, 4.69) is 53.4 Å². The van der Waals surface area contributed by atoms with Gasteiger partial charge in [-0.25, -0.2) is 4.98 Å². The SMILES string of the molecule is c1cc(Nc2ncn(-c3cnccn3)n2)cc(N2CCN(C3COC3)CC2)c1. The Balaban J connectivity index is 1.24. The van der Waals surface area contributed by atoms with Crippen LogP contribution >= 0.6 is 0 Å². The molecule has 2 aliphatic rings. The Morgan fingerprint density at radius 3 is 2.68 bits per heavy atom. The molecule has 0 aliphatic carbocycles. The number of hydrogen-bond donors (Lipinski definition) is 1. The molecule has 0 saturated carbocycles. The monoisotopic (exact) mass is 378 g/mol. The Morgan fingerprint density at radius 2 is 1.93 bits per heavy atom. The van der Waals surface area contributed by atoms with Crippen LogP contribution in [0.1, 0.15) is 0 Å². The first-order valence-electron chi connectivity index (χ1n) is 9.47. The summed E-state index contributed by atoms with van der Waals surface area (Å²) in [6.07, 6.45) is 6.53. The van der Waals surface area contributed by atoms with Crippen molar-refractivity contribution in [1.29, 1.82) is 0 Å². The Kier molecular flexibility index (Phi) is 4.59. The Morgan fingerprint density at radius 1 is 1.04 bits per heavy atom. The first kappa shape index (κ1) is 17.1. The maximum absolute atomic E-state index is 5.32. The van der Waals surface area contributed by atoms with Crippen molar-refractivity contribution in [2.45, 2.75) is 6.04 Å². The zero-order valence-corrected chi connectivity index (χ0v) is 15.5. The van der Waals surface area contributed by atoms with Crippen LogP contribution in [-0.4, -0.2) is 75.1 Å². The highest BCUT2D eigenvalue weighted by Crippen LogP contribution is 2.23. The van der Waals surface area contributed by atoms with Crippen LogP contribution in [0.25, 0.3) is 5.82 Å². The van der Waals surface area contributed by atoms with E-state index >= 15 is 0 Å². The highest BCUT2D eigenvalue weighted by Gasteiger charge is 2.28. The molecule has 0 bridgehead atoms. The molecule has 5 rings (SSSR count). The van der Waals surface area contributed by atoms with E-state index in [1.165, 1.54) is 5.69 Å². The number of anilines is 3. The number of piperazine rings is 1. The van der Waals surface area contributed by atoms with Gasteiger partial charge in [0.1, 0.15) is 6.33 Å². The highest BCUT2D eigenvalue weighted by molar-refractivity contribution is 5.62. The number of nitrogens with one attached hydrogen (secondary N) is 1. The third-order valence-electron chi connectivity index (χ3n) is 5.19. The van der Waals surface area contributed by atoms with Crippen LogP contribution in [-0.2, 0) is 4.74 Å². The molecule has 2 aliphatic heterocycles. The first-order chi connectivity index (χ1) is 13.8. The largest absolute Gasteiger partial charge is 0.378 e. The molecule has 0 amide bonds. The summed E-state index contributed by atoms with van der Waals surface area (Å²) in [6, 6.07) is 8.99. The summed E-state index contributed by atoms with van der Waals surface area (Å²) in [7, 11) is 0. The van der Waals surface area contributed by atoms with E-state index in [4.69, 9.17) is 4.74 Å². The number of ether oxygens (including phenoxy) is 1. The molecule has 3 aromatic rings. The summed E-state index contributed by atoms with van der Waals surface area (Å²) < 4.78 is 6.92. The van der Waals surface area contributed by atoms with Crippen LogP contribution < -0.4 is 10.2 Å². The second kappa shape index (κ2) is 7.53. The van der Waals surface area contributed by atoms with Gasteiger partial charge in [-0.05, 0) is 18.2 Å². The van der Waals surface area contributed by atoms with Crippen molar-refractivity contribution < 1.29 is 4.74 Å². The van der Waals surface area contributed by atoms with Crippen molar-refractivity contribution in [2.24, 2.45) is 0 Å². The molecule has 0 unspecified atom stereocenters. The van der Waals surface area contributed by atoms with Gasteiger partial charge in [-0.2, -0.15) is 9.67 Å². The highest BCUT2D eigenvalue weighted by atomic mass is 16.5. The molecule has 4 heterocycles. The van der Waals surface area contributed by atoms with Crippen LogP contribution in [0.3, 0.4) is 0 Å². The lowest BCUT2D eigenvalue weighted by atomic mass is 10.1. The van der Waals surface area contributed by atoms with Crippen LogP contribution in [0.15, 0.2) is 49.2 Å². The second-order valence-corrected chi connectivity index (χ2v) is 6.97. The molecular formula is C19H22N8O. The van der Waals surface area contributed by atoms with E-state index in [-0.39, 0.29) is 0 Å². The minimum absolute atomic E-state index is 0.526. The van der Waals surface area contributed by atoms with Crippen molar-refractivity contribution in [3.8, 4) is 5.82 Å². The lowest BCUT2D eigenvalue weighted by molar-refractivity contribution is -0.0660. The molecule has 0 radical (unpaired) electrons. The van der Waals surface area contributed by atoms with E-state index in [1.807, 2.05) is 6.07 Å². The van der Waals surface area contributed by atoms with Crippen LogP contribution in [0.4, 0.5) is 17.3 Å². The van der Waals surface area contributed by atoms with Crippen molar-refractivity contribution in [3.05, 3.63) is 49.2 Å². The van der Waals surface area contributed by atoms with Gasteiger partial charge in [0, 0.05) is 49.9 Å². The van der Waals surface area contributed by atoms with Gasteiger partial charge < -0.3 is 15.0 Å². The third-order valence-corrected chi connectivity index (χ3v) is 5.19. The number of rotatable bonds is 5. The van der Waals surface area contributed by atoms with Gasteiger partial charge in [0.15, 0.2) is 5.82 Å². The zero-order chi connectivity index (χ0) is 18.8. The first-order valence-corrected chi connectivity index (χ1v) is 9.47. The molecule has 2 fully saturated rings. The number of hydrogen-bond acceptors (Lipinski definition) is 8. The Hall–Kier alpha value is -3.04. The normalized spacial score (nSPS) is 18.1. The molecule has 1 N–H and O–H groups in total. The van der Waals surface area contributed by atoms with Gasteiger partial charge >= 0.3 is 0 Å². The van der Waals surface area contributed by atoms with Gasteiger partial charge in [0.2, 0.25) is 5.95 Å². The predicted molar refractivity (Wildman–Crippen MR) is 105 cm³/mol. The second-order valence-electron chi connectivity index (χ2n) is 6.97. The van der Waals surface area contributed by atoms with Crippen LogP contribution in [0.5, 0.6) is 0 Å². The molecule has 28 heavy (non-hydrogen) atoms. The van der Waals surface area contributed by atoms with Gasteiger partial charge in [-0.3, -0.25) is 9.88 Å². The Bertz CT molecular complexity index is 918. The summed E-state index contributed by atoms with van der Waals surface area (Å²) in [4.78, 5) is 17.6.